The van der Waals surface area contributed by atoms with Crippen molar-refractivity contribution in [3.05, 3.63) is 41.7 Å². The van der Waals surface area contributed by atoms with Gasteiger partial charge in [-0.1, -0.05) is 6.07 Å². The van der Waals surface area contributed by atoms with Crippen molar-refractivity contribution in [3.8, 4) is 11.4 Å². The maximum atomic E-state index is 12.8. The van der Waals surface area contributed by atoms with Crippen LogP contribution in [0.2, 0.25) is 0 Å². The Balaban J connectivity index is 1.88. The predicted molar refractivity (Wildman–Crippen MR) is 92.6 cm³/mol. The Bertz CT molecular complexity index is 726. The van der Waals surface area contributed by atoms with E-state index in [0.717, 1.165) is 42.8 Å². The minimum Gasteiger partial charge on any atom is -0.494 e. The summed E-state index contributed by atoms with van der Waals surface area (Å²) in [6.45, 7) is 3.26. The molecule has 24 heavy (non-hydrogen) atoms. The van der Waals surface area contributed by atoms with Crippen LogP contribution in [-0.4, -0.2) is 46.8 Å². The highest BCUT2D eigenvalue weighted by molar-refractivity contribution is 5.92. The van der Waals surface area contributed by atoms with Gasteiger partial charge in [0, 0.05) is 25.3 Å². The molecule has 3 rings (SSSR count). The smallest absolute Gasteiger partial charge is 0.274 e. The first-order valence-electron chi connectivity index (χ1n) is 8.35. The van der Waals surface area contributed by atoms with Gasteiger partial charge in [-0.3, -0.25) is 4.79 Å². The van der Waals surface area contributed by atoms with Crippen LogP contribution in [0.4, 0.5) is 0 Å². The molecule has 0 radical (unpaired) electrons. The molecule has 1 saturated heterocycles. The summed E-state index contributed by atoms with van der Waals surface area (Å²) >= 11 is 0. The van der Waals surface area contributed by atoms with E-state index in [2.05, 4.69) is 5.10 Å². The average molecular weight is 328 g/mol. The van der Waals surface area contributed by atoms with Crippen molar-refractivity contribution >= 4 is 5.91 Å². The number of hydrogen-bond donors (Lipinski definition) is 1. The lowest BCUT2D eigenvalue weighted by Gasteiger charge is -2.34. The lowest BCUT2D eigenvalue weighted by atomic mass is 10.0. The van der Waals surface area contributed by atoms with Crippen molar-refractivity contribution in [1.82, 2.24) is 14.7 Å². The molecule has 0 bridgehead atoms. The van der Waals surface area contributed by atoms with Crippen LogP contribution in [0, 0.1) is 6.92 Å². The van der Waals surface area contributed by atoms with Gasteiger partial charge in [-0.25, -0.2) is 4.68 Å². The van der Waals surface area contributed by atoms with Crippen molar-refractivity contribution in [1.29, 1.82) is 0 Å². The molecule has 2 N–H and O–H groups in total. The topological polar surface area (TPSA) is 73.4 Å². The average Bonchev–Trinajstić information content (AvgIpc) is 3.11. The summed E-state index contributed by atoms with van der Waals surface area (Å²) in [5.41, 5.74) is 8.20. The molecule has 1 aliphatic heterocycles. The second-order valence-electron chi connectivity index (χ2n) is 6.20. The normalized spacial score (nSPS) is 17.8. The molecule has 0 saturated carbocycles. The van der Waals surface area contributed by atoms with Crippen LogP contribution in [0.1, 0.15) is 35.3 Å². The minimum absolute atomic E-state index is 0.0458. The van der Waals surface area contributed by atoms with Crippen molar-refractivity contribution in [2.75, 3.05) is 20.2 Å². The van der Waals surface area contributed by atoms with Gasteiger partial charge in [0.1, 0.15) is 11.4 Å². The zero-order valence-corrected chi connectivity index (χ0v) is 14.2. The van der Waals surface area contributed by atoms with E-state index in [1.165, 1.54) is 0 Å². The number of nitrogens with two attached hydrogens (primary N) is 1. The third-order valence-electron chi connectivity index (χ3n) is 4.55. The monoisotopic (exact) mass is 328 g/mol. The maximum absolute atomic E-state index is 12.8. The first-order chi connectivity index (χ1) is 11.6. The van der Waals surface area contributed by atoms with Crippen LogP contribution in [0.3, 0.4) is 0 Å². The number of carbonyl (C=O) groups is 1. The van der Waals surface area contributed by atoms with Crippen molar-refractivity contribution in [2.24, 2.45) is 5.73 Å². The van der Waals surface area contributed by atoms with Gasteiger partial charge in [-0.15, -0.1) is 0 Å². The van der Waals surface area contributed by atoms with E-state index < -0.39 is 0 Å². The molecule has 6 heteroatoms. The highest BCUT2D eigenvalue weighted by Crippen LogP contribution is 2.24. The number of piperidine rings is 1. The Labute approximate surface area is 142 Å². The zero-order valence-electron chi connectivity index (χ0n) is 14.2. The molecule has 1 aromatic carbocycles. The fraction of sp³-hybridized carbons (Fsp3) is 0.444. The Morgan fingerprint density at radius 3 is 2.96 bits per heavy atom. The zero-order chi connectivity index (χ0) is 17.1. The number of rotatable bonds is 4. The molecule has 6 nitrogen and oxygen atoms in total. The van der Waals surface area contributed by atoms with Gasteiger partial charge in [-0.05, 0) is 49.9 Å². The van der Waals surface area contributed by atoms with Gasteiger partial charge in [0.2, 0.25) is 0 Å². The van der Waals surface area contributed by atoms with Crippen LogP contribution in [0.25, 0.3) is 5.69 Å². The van der Waals surface area contributed by atoms with Crippen LogP contribution in [-0.2, 0) is 0 Å². The van der Waals surface area contributed by atoms with E-state index in [-0.39, 0.29) is 11.9 Å². The molecule has 0 unspecified atom stereocenters. The van der Waals surface area contributed by atoms with Gasteiger partial charge in [0.05, 0.1) is 7.11 Å². The van der Waals surface area contributed by atoms with E-state index in [4.69, 9.17) is 10.5 Å². The van der Waals surface area contributed by atoms with Gasteiger partial charge in [-0.2, -0.15) is 5.10 Å². The largest absolute Gasteiger partial charge is 0.494 e. The molecule has 1 atom stereocenters. The number of hydrogen-bond acceptors (Lipinski definition) is 4. The number of nitrogens with zero attached hydrogens (tertiary/aromatic N) is 3. The van der Waals surface area contributed by atoms with Crippen LogP contribution in [0.5, 0.6) is 5.75 Å². The summed E-state index contributed by atoms with van der Waals surface area (Å²) in [6.07, 6.45) is 4.91. The number of aromatic nitrogens is 2. The number of aryl methyl sites for hydroxylation is 1. The summed E-state index contributed by atoms with van der Waals surface area (Å²) in [6, 6.07) is 7.75. The van der Waals surface area contributed by atoms with E-state index in [1.54, 1.807) is 24.1 Å². The number of likely N-dealkylation sites (tertiary alicyclic amines) is 1. The molecule has 0 aliphatic carbocycles. The van der Waals surface area contributed by atoms with Crippen molar-refractivity contribution in [2.45, 2.75) is 32.2 Å². The first kappa shape index (κ1) is 16.5. The highest BCUT2D eigenvalue weighted by Gasteiger charge is 2.27. The summed E-state index contributed by atoms with van der Waals surface area (Å²) in [7, 11) is 1.63. The van der Waals surface area contributed by atoms with Crippen molar-refractivity contribution in [3.63, 3.8) is 0 Å². The van der Waals surface area contributed by atoms with E-state index in [9.17, 15) is 4.79 Å². The van der Waals surface area contributed by atoms with E-state index in [1.807, 2.05) is 30.0 Å². The fourth-order valence-corrected chi connectivity index (χ4v) is 3.21. The Morgan fingerprint density at radius 1 is 1.38 bits per heavy atom. The Hall–Kier alpha value is -2.34. The van der Waals surface area contributed by atoms with E-state index in [0.29, 0.717) is 12.2 Å². The van der Waals surface area contributed by atoms with Crippen LogP contribution < -0.4 is 10.5 Å². The number of ether oxygens (including phenoxy) is 1. The molecule has 2 aromatic rings. The lowest BCUT2D eigenvalue weighted by Crippen LogP contribution is -2.47. The molecule has 1 aromatic heterocycles. The molecule has 2 heterocycles. The third kappa shape index (κ3) is 3.14. The third-order valence-corrected chi connectivity index (χ3v) is 4.55. The Kier molecular flexibility index (Phi) is 4.85. The molecule has 128 valence electrons. The van der Waals surface area contributed by atoms with Crippen LogP contribution >= 0.6 is 0 Å². The lowest BCUT2D eigenvalue weighted by molar-refractivity contribution is 0.0616. The number of methoxy groups -OCH3 is 1. The maximum Gasteiger partial charge on any atom is 0.274 e. The minimum atomic E-state index is -0.0458. The Morgan fingerprint density at radius 2 is 2.21 bits per heavy atom. The highest BCUT2D eigenvalue weighted by atomic mass is 16.5. The number of carbonyl (C=O) groups excluding carboxylic acids is 1. The van der Waals surface area contributed by atoms with Crippen molar-refractivity contribution < 1.29 is 9.53 Å². The van der Waals surface area contributed by atoms with Gasteiger partial charge in [0.15, 0.2) is 5.69 Å². The van der Waals surface area contributed by atoms with E-state index >= 15 is 0 Å². The molecule has 0 spiro atoms. The standard InChI is InChI=1S/C18H24N4O2/c1-13-6-7-17(24-2)16(11-13)22-10-8-15(20-22)18(23)21-9-4-3-5-14(21)12-19/h6-8,10-11,14H,3-5,9,12,19H2,1-2H3/t14-/m0/s1. The molecular formula is C18H24N4O2. The van der Waals surface area contributed by atoms with Gasteiger partial charge in [0.25, 0.3) is 5.91 Å². The molecule has 1 fully saturated rings. The molecule has 1 aliphatic rings. The molecule has 1 amide bonds. The van der Waals surface area contributed by atoms with Gasteiger partial charge >= 0.3 is 0 Å². The van der Waals surface area contributed by atoms with Gasteiger partial charge < -0.3 is 15.4 Å². The second-order valence-corrected chi connectivity index (χ2v) is 6.20. The fourth-order valence-electron chi connectivity index (χ4n) is 3.21. The van der Waals surface area contributed by atoms with Crippen LogP contribution in [0.15, 0.2) is 30.5 Å². The quantitative estimate of drug-likeness (QED) is 0.933. The SMILES string of the molecule is COc1ccc(C)cc1-n1ccc(C(=O)N2CCCC[C@H]2CN)n1. The second kappa shape index (κ2) is 7.05. The predicted octanol–water partition coefficient (Wildman–Crippen LogP) is 2.14. The summed E-state index contributed by atoms with van der Waals surface area (Å²) < 4.78 is 7.10. The number of benzene rings is 1. The first-order valence-corrected chi connectivity index (χ1v) is 8.35. The summed E-state index contributed by atoms with van der Waals surface area (Å²) in [5.74, 6) is 0.677. The molecular weight excluding hydrogens is 304 g/mol. The summed E-state index contributed by atoms with van der Waals surface area (Å²) in [4.78, 5) is 14.7. The summed E-state index contributed by atoms with van der Waals surface area (Å²) in [5, 5.41) is 4.48. The number of amides is 1.